The molecule has 2 aliphatic rings. The van der Waals surface area contributed by atoms with Crippen LogP contribution in [0.2, 0.25) is 0 Å². The summed E-state index contributed by atoms with van der Waals surface area (Å²) in [5.41, 5.74) is 13.8. The topological polar surface area (TPSA) is 53.9 Å². The van der Waals surface area contributed by atoms with Crippen molar-refractivity contribution in [1.82, 2.24) is 25.5 Å². The van der Waals surface area contributed by atoms with E-state index in [-0.39, 0.29) is 12.2 Å². The van der Waals surface area contributed by atoms with Crippen LogP contribution in [0.5, 0.6) is 0 Å². The Morgan fingerprint density at radius 1 is 0.585 bits per heavy atom. The predicted molar refractivity (Wildman–Crippen MR) is 218 cm³/mol. The molecule has 5 nitrogen and oxygen atoms in total. The van der Waals surface area contributed by atoms with Crippen LogP contribution in [0, 0.1) is 0 Å². The molecule has 0 saturated carbocycles. The second-order valence-corrected chi connectivity index (χ2v) is 13.7. The molecule has 10 rings (SSSR count). The molecule has 7 aromatic carbocycles. The molecule has 0 aliphatic carbocycles. The highest BCUT2D eigenvalue weighted by Crippen LogP contribution is 2.40. The van der Waals surface area contributed by atoms with Crippen molar-refractivity contribution in [1.29, 1.82) is 0 Å². The molecule has 0 radical (unpaired) electrons. The summed E-state index contributed by atoms with van der Waals surface area (Å²) in [5.74, 6) is 0.933. The van der Waals surface area contributed by atoms with Gasteiger partial charge in [-0.2, -0.15) is 0 Å². The third-order valence-corrected chi connectivity index (χ3v) is 10.5. The van der Waals surface area contributed by atoms with Crippen molar-refractivity contribution in [3.63, 3.8) is 0 Å². The number of nitrogens with one attached hydrogen (secondary N) is 3. The van der Waals surface area contributed by atoms with Crippen LogP contribution >= 0.6 is 0 Å². The molecule has 5 heteroatoms. The second kappa shape index (κ2) is 13.1. The van der Waals surface area contributed by atoms with Gasteiger partial charge in [0, 0.05) is 34.4 Å². The third-order valence-electron chi connectivity index (χ3n) is 10.5. The minimum absolute atomic E-state index is 0.0365. The van der Waals surface area contributed by atoms with Gasteiger partial charge in [0.25, 0.3) is 0 Å². The van der Waals surface area contributed by atoms with Crippen molar-refractivity contribution in [3.05, 3.63) is 204 Å². The Balaban J connectivity index is 1.11. The number of fused-ring (bicyclic) bond motifs is 6. The van der Waals surface area contributed by atoms with Crippen LogP contribution in [-0.4, -0.2) is 9.55 Å². The lowest BCUT2D eigenvalue weighted by atomic mass is 9.95. The van der Waals surface area contributed by atoms with Gasteiger partial charge in [-0.15, -0.1) is 0 Å². The van der Waals surface area contributed by atoms with Gasteiger partial charge in [0.15, 0.2) is 0 Å². The van der Waals surface area contributed by atoms with Crippen LogP contribution in [0.3, 0.4) is 0 Å². The van der Waals surface area contributed by atoms with E-state index in [9.17, 15) is 0 Å². The molecule has 8 aromatic rings. The lowest BCUT2D eigenvalue weighted by molar-refractivity contribution is 0.442. The van der Waals surface area contributed by atoms with Crippen molar-refractivity contribution in [2.75, 3.05) is 0 Å². The molecule has 0 spiro atoms. The largest absolute Gasteiger partial charge is 0.387 e. The summed E-state index contributed by atoms with van der Waals surface area (Å²) in [5, 5.41) is 13.5. The molecule has 3 heterocycles. The highest BCUT2D eigenvalue weighted by atomic mass is 15.2. The van der Waals surface area contributed by atoms with Gasteiger partial charge in [0.2, 0.25) is 0 Å². The van der Waals surface area contributed by atoms with E-state index in [0.717, 1.165) is 57.0 Å². The maximum atomic E-state index is 5.43. The molecule has 3 N–H and O–H groups in total. The molecule has 0 bridgehead atoms. The minimum atomic E-state index is -0.0365. The molecular weight excluding hydrogens is 647 g/mol. The molecule has 1 aromatic heterocycles. The molecule has 2 aliphatic heterocycles. The van der Waals surface area contributed by atoms with Gasteiger partial charge >= 0.3 is 0 Å². The van der Waals surface area contributed by atoms with Crippen LogP contribution in [0.15, 0.2) is 176 Å². The lowest BCUT2D eigenvalue weighted by Crippen LogP contribution is -2.39. The van der Waals surface area contributed by atoms with Crippen molar-refractivity contribution in [2.45, 2.75) is 18.8 Å². The Bertz CT molecular complexity index is 2680. The molecule has 53 heavy (non-hydrogen) atoms. The van der Waals surface area contributed by atoms with E-state index in [1.165, 1.54) is 33.0 Å². The summed E-state index contributed by atoms with van der Waals surface area (Å²) in [6.45, 7) is 0.737. The third kappa shape index (κ3) is 5.59. The minimum Gasteiger partial charge on any atom is -0.387 e. The Morgan fingerprint density at radius 3 is 2.02 bits per heavy atom. The van der Waals surface area contributed by atoms with Crippen LogP contribution in [0.4, 0.5) is 0 Å². The maximum absolute atomic E-state index is 5.43. The van der Waals surface area contributed by atoms with E-state index in [0.29, 0.717) is 0 Å². The lowest BCUT2D eigenvalue weighted by Gasteiger charge is -2.33. The first kappa shape index (κ1) is 31.1. The molecule has 0 saturated heterocycles. The van der Waals surface area contributed by atoms with E-state index in [2.05, 4.69) is 196 Å². The quantitative estimate of drug-likeness (QED) is 0.163. The standard InChI is InChI=1S/C48H37N5/c1-4-14-32(15-5-1)43-30-44(51-47(50-43)33-16-6-2-7-17-33)37-22-12-20-35(28-37)36-21-13-23-38(29-36)53-46-41-25-11-10-24-39(41)40-26-27-49-31-42(40)45(46)52-48(53)34-18-8-3-9-19-34/h1-30,43,47,49-51H,31H2. The number of hydrogen-bond donors (Lipinski definition) is 3. The summed E-state index contributed by atoms with van der Waals surface area (Å²) in [6.07, 6.45) is 6.51. The highest BCUT2D eigenvalue weighted by Gasteiger charge is 2.25. The molecule has 0 fully saturated rings. The summed E-state index contributed by atoms with van der Waals surface area (Å²) in [7, 11) is 0. The van der Waals surface area contributed by atoms with Crippen LogP contribution in [0.1, 0.15) is 40.0 Å². The van der Waals surface area contributed by atoms with Crippen LogP contribution < -0.4 is 16.0 Å². The molecule has 2 atom stereocenters. The maximum Gasteiger partial charge on any atom is 0.145 e. The van der Waals surface area contributed by atoms with E-state index in [1.54, 1.807) is 0 Å². The fraction of sp³-hybridized carbons (Fsp3) is 0.0625. The van der Waals surface area contributed by atoms with Crippen molar-refractivity contribution >= 4 is 33.6 Å². The Morgan fingerprint density at radius 2 is 1.23 bits per heavy atom. The monoisotopic (exact) mass is 683 g/mol. The number of nitrogens with zero attached hydrogens (tertiary/aromatic N) is 2. The van der Waals surface area contributed by atoms with Gasteiger partial charge < -0.3 is 10.6 Å². The Kier molecular flexibility index (Phi) is 7.70. The fourth-order valence-corrected chi connectivity index (χ4v) is 7.99. The Labute approximate surface area is 309 Å². The SMILES string of the molecule is C1=Cc2c(c3nc(-c4ccccc4)n(-c4cccc(-c5cccc(C6=CC(c7ccccc7)NC(c7ccccc7)N6)c5)c4)c3c3ccccc23)CN1. The van der Waals surface area contributed by atoms with Crippen molar-refractivity contribution in [2.24, 2.45) is 0 Å². The summed E-state index contributed by atoms with van der Waals surface area (Å²) in [4.78, 5) is 5.43. The first-order valence-corrected chi connectivity index (χ1v) is 18.3. The van der Waals surface area contributed by atoms with Gasteiger partial charge in [-0.25, -0.2) is 4.98 Å². The zero-order valence-corrected chi connectivity index (χ0v) is 29.1. The van der Waals surface area contributed by atoms with Crippen molar-refractivity contribution in [3.8, 4) is 28.2 Å². The summed E-state index contributed by atoms with van der Waals surface area (Å²) in [6, 6.07) is 58.4. The van der Waals surface area contributed by atoms with Gasteiger partial charge in [0.05, 0.1) is 17.1 Å². The van der Waals surface area contributed by atoms with Crippen LogP contribution in [0.25, 0.3) is 61.8 Å². The number of aromatic nitrogens is 2. The highest BCUT2D eigenvalue weighted by molar-refractivity contribution is 6.12. The molecule has 254 valence electrons. The molecule has 2 unspecified atom stereocenters. The van der Waals surface area contributed by atoms with Gasteiger partial charge in [-0.05, 0) is 75.3 Å². The zero-order chi connectivity index (χ0) is 35.1. The average molecular weight is 684 g/mol. The summed E-state index contributed by atoms with van der Waals surface area (Å²) < 4.78 is 2.37. The molecular formula is C48H37N5. The van der Waals surface area contributed by atoms with Crippen LogP contribution in [-0.2, 0) is 6.54 Å². The van der Waals surface area contributed by atoms with Gasteiger partial charge in [0.1, 0.15) is 12.0 Å². The smallest absolute Gasteiger partial charge is 0.145 e. The normalized spacial score (nSPS) is 16.5. The summed E-state index contributed by atoms with van der Waals surface area (Å²) >= 11 is 0. The van der Waals surface area contributed by atoms with E-state index >= 15 is 0 Å². The van der Waals surface area contributed by atoms with E-state index < -0.39 is 0 Å². The first-order valence-electron chi connectivity index (χ1n) is 18.3. The number of rotatable bonds is 6. The molecule has 0 amide bonds. The second-order valence-electron chi connectivity index (χ2n) is 13.7. The predicted octanol–water partition coefficient (Wildman–Crippen LogP) is 10.6. The average Bonchev–Trinajstić information content (AvgIpc) is 3.66. The Hall–Kier alpha value is -6.69. The number of imidazole rings is 1. The van der Waals surface area contributed by atoms with Gasteiger partial charge in [-0.1, -0.05) is 146 Å². The van der Waals surface area contributed by atoms with Crippen molar-refractivity contribution < 1.29 is 0 Å². The fourth-order valence-electron chi connectivity index (χ4n) is 7.99. The number of benzene rings is 7. The van der Waals surface area contributed by atoms with E-state index in [4.69, 9.17) is 4.98 Å². The van der Waals surface area contributed by atoms with Gasteiger partial charge in [-0.3, -0.25) is 9.88 Å². The number of hydrogen-bond acceptors (Lipinski definition) is 4. The van der Waals surface area contributed by atoms with E-state index in [1.807, 2.05) is 6.20 Å². The first-order chi connectivity index (χ1) is 26.3. The zero-order valence-electron chi connectivity index (χ0n) is 29.1.